The average Bonchev–Trinajstić information content (AvgIpc) is 2.50. The van der Waals surface area contributed by atoms with E-state index in [2.05, 4.69) is 17.9 Å². The van der Waals surface area contributed by atoms with Gasteiger partial charge in [-0.05, 0) is 32.1 Å². The summed E-state index contributed by atoms with van der Waals surface area (Å²) in [5.41, 5.74) is 1.34. The van der Waals surface area contributed by atoms with Gasteiger partial charge in [-0.15, -0.1) is 0 Å². The molecule has 0 aromatic rings. The fraction of sp³-hybridized carbons (Fsp3) is 0.812. The second-order valence-corrected chi connectivity index (χ2v) is 5.95. The molecule has 1 unspecified atom stereocenters. The van der Waals surface area contributed by atoms with Crippen LogP contribution in [0.4, 0.5) is 0 Å². The van der Waals surface area contributed by atoms with Gasteiger partial charge >= 0.3 is 0 Å². The highest BCUT2D eigenvalue weighted by atomic mass is 16.3. The third-order valence-electron chi connectivity index (χ3n) is 4.63. The molecular formula is C16H28N2O2. The number of carbonyl (C=O) groups is 1. The van der Waals surface area contributed by atoms with Crippen LogP contribution in [0.25, 0.3) is 0 Å². The molecular weight excluding hydrogens is 252 g/mol. The van der Waals surface area contributed by atoms with E-state index >= 15 is 0 Å². The van der Waals surface area contributed by atoms with Crippen LogP contribution in [-0.2, 0) is 4.79 Å². The molecule has 1 heterocycles. The largest absolute Gasteiger partial charge is 0.395 e. The third-order valence-corrected chi connectivity index (χ3v) is 4.63. The van der Waals surface area contributed by atoms with Crippen molar-refractivity contribution in [2.45, 2.75) is 51.5 Å². The lowest BCUT2D eigenvalue weighted by molar-refractivity contribution is -0.132. The smallest absolute Gasteiger partial charge is 0.226 e. The number of nitrogens with zero attached hydrogens (tertiary/aromatic N) is 2. The minimum Gasteiger partial charge on any atom is -0.395 e. The fourth-order valence-electron chi connectivity index (χ4n) is 3.21. The maximum Gasteiger partial charge on any atom is 0.226 e. The van der Waals surface area contributed by atoms with Crippen molar-refractivity contribution in [3.63, 3.8) is 0 Å². The van der Waals surface area contributed by atoms with Gasteiger partial charge in [0.05, 0.1) is 6.61 Å². The molecule has 4 heteroatoms. The van der Waals surface area contributed by atoms with Crippen LogP contribution < -0.4 is 0 Å². The lowest BCUT2D eigenvalue weighted by Crippen LogP contribution is -2.52. The van der Waals surface area contributed by atoms with Crippen LogP contribution in [-0.4, -0.2) is 59.6 Å². The molecule has 2 aliphatic rings. The second kappa shape index (κ2) is 7.79. The summed E-state index contributed by atoms with van der Waals surface area (Å²) in [5, 5.41) is 9.34. The Hall–Kier alpha value is -0.870. The number of hydrogen-bond acceptors (Lipinski definition) is 3. The first-order valence-corrected chi connectivity index (χ1v) is 8.05. The molecule has 0 aromatic carbocycles. The normalized spacial score (nSPS) is 22.5. The van der Waals surface area contributed by atoms with E-state index in [1.54, 1.807) is 0 Å². The van der Waals surface area contributed by atoms with E-state index in [1.165, 1.54) is 18.4 Å². The number of allylic oxidation sites excluding steroid dienone is 1. The zero-order chi connectivity index (χ0) is 14.4. The van der Waals surface area contributed by atoms with Crippen molar-refractivity contribution >= 4 is 5.91 Å². The molecule has 4 nitrogen and oxygen atoms in total. The van der Waals surface area contributed by atoms with Gasteiger partial charge in [-0.25, -0.2) is 0 Å². The van der Waals surface area contributed by atoms with E-state index in [-0.39, 0.29) is 18.6 Å². The maximum atomic E-state index is 12.3. The van der Waals surface area contributed by atoms with E-state index in [4.69, 9.17) is 0 Å². The first kappa shape index (κ1) is 15.5. The zero-order valence-corrected chi connectivity index (χ0v) is 12.7. The molecule has 1 amide bonds. The summed E-state index contributed by atoms with van der Waals surface area (Å²) in [6.07, 6.45) is 8.61. The van der Waals surface area contributed by atoms with Gasteiger partial charge in [0.25, 0.3) is 0 Å². The molecule has 1 N–H and O–H groups in total. The van der Waals surface area contributed by atoms with Crippen molar-refractivity contribution in [3.8, 4) is 0 Å². The van der Waals surface area contributed by atoms with Crippen molar-refractivity contribution in [3.05, 3.63) is 11.6 Å². The molecule has 0 spiro atoms. The number of amides is 1. The third kappa shape index (κ3) is 4.06. The fourth-order valence-corrected chi connectivity index (χ4v) is 3.21. The van der Waals surface area contributed by atoms with E-state index < -0.39 is 0 Å². The quantitative estimate of drug-likeness (QED) is 0.781. The van der Waals surface area contributed by atoms with Gasteiger partial charge in [-0.1, -0.05) is 18.6 Å². The van der Waals surface area contributed by atoms with Gasteiger partial charge < -0.3 is 10.0 Å². The number of carbonyl (C=O) groups excluding carboxylic acids is 1. The Balaban J connectivity index is 1.78. The van der Waals surface area contributed by atoms with Crippen molar-refractivity contribution < 1.29 is 9.90 Å². The Labute approximate surface area is 122 Å². The predicted molar refractivity (Wildman–Crippen MR) is 80.5 cm³/mol. The van der Waals surface area contributed by atoms with Gasteiger partial charge in [-0.2, -0.15) is 0 Å². The van der Waals surface area contributed by atoms with Gasteiger partial charge in [0.15, 0.2) is 0 Å². The molecule has 114 valence electrons. The molecule has 1 fully saturated rings. The summed E-state index contributed by atoms with van der Waals surface area (Å²) in [4.78, 5) is 16.6. The molecule has 2 rings (SSSR count). The molecule has 1 atom stereocenters. The highest BCUT2D eigenvalue weighted by molar-refractivity contribution is 5.78. The van der Waals surface area contributed by atoms with E-state index in [0.717, 1.165) is 45.4 Å². The van der Waals surface area contributed by atoms with Crippen molar-refractivity contribution in [1.29, 1.82) is 0 Å². The van der Waals surface area contributed by atoms with E-state index in [9.17, 15) is 9.90 Å². The summed E-state index contributed by atoms with van der Waals surface area (Å²) < 4.78 is 0. The summed E-state index contributed by atoms with van der Waals surface area (Å²) in [7, 11) is 0. The number of piperazine rings is 1. The highest BCUT2D eigenvalue weighted by Crippen LogP contribution is 2.21. The topological polar surface area (TPSA) is 43.8 Å². The van der Waals surface area contributed by atoms with Crippen LogP contribution in [0.1, 0.15) is 45.4 Å². The van der Waals surface area contributed by atoms with Crippen molar-refractivity contribution in [2.75, 3.05) is 32.8 Å². The average molecular weight is 280 g/mol. The molecule has 0 saturated carbocycles. The van der Waals surface area contributed by atoms with Gasteiger partial charge in [0, 0.05) is 38.6 Å². The van der Waals surface area contributed by atoms with Crippen LogP contribution in [0, 0.1) is 0 Å². The van der Waals surface area contributed by atoms with Crippen LogP contribution in [0.5, 0.6) is 0 Å². The monoisotopic (exact) mass is 280 g/mol. The zero-order valence-electron chi connectivity index (χ0n) is 12.7. The minimum atomic E-state index is 0.220. The molecule has 0 aromatic heterocycles. The standard InChI is InChI=1S/C16H28N2O2/c1-2-15(13-19)17-8-10-18(11-9-17)16(20)12-14-6-4-3-5-7-14/h6,15,19H,2-5,7-13H2,1H3. The Bertz CT molecular complexity index is 342. The first-order chi connectivity index (χ1) is 9.74. The van der Waals surface area contributed by atoms with Crippen LogP contribution in [0.2, 0.25) is 0 Å². The number of hydrogen-bond donors (Lipinski definition) is 1. The van der Waals surface area contributed by atoms with E-state index in [1.807, 2.05) is 4.90 Å². The molecule has 1 saturated heterocycles. The lowest BCUT2D eigenvalue weighted by Gasteiger charge is -2.38. The maximum absolute atomic E-state index is 12.3. The van der Waals surface area contributed by atoms with Crippen LogP contribution in [0.15, 0.2) is 11.6 Å². The minimum absolute atomic E-state index is 0.220. The number of rotatable bonds is 5. The lowest BCUT2D eigenvalue weighted by atomic mass is 9.97. The molecule has 1 aliphatic carbocycles. The second-order valence-electron chi connectivity index (χ2n) is 5.95. The van der Waals surface area contributed by atoms with Gasteiger partial charge in [-0.3, -0.25) is 9.69 Å². The Morgan fingerprint density at radius 2 is 2.05 bits per heavy atom. The van der Waals surface area contributed by atoms with Crippen LogP contribution in [0.3, 0.4) is 0 Å². The molecule has 0 radical (unpaired) electrons. The SMILES string of the molecule is CCC(CO)N1CCN(C(=O)CC2=CCCCC2)CC1. The Kier molecular flexibility index (Phi) is 6.05. The Morgan fingerprint density at radius 3 is 2.60 bits per heavy atom. The van der Waals surface area contributed by atoms with Crippen molar-refractivity contribution in [1.82, 2.24) is 9.80 Å². The summed E-state index contributed by atoms with van der Waals surface area (Å²) in [6.45, 7) is 5.73. The number of aliphatic hydroxyl groups is 1. The Morgan fingerprint density at radius 1 is 1.30 bits per heavy atom. The van der Waals surface area contributed by atoms with Crippen molar-refractivity contribution in [2.24, 2.45) is 0 Å². The van der Waals surface area contributed by atoms with E-state index in [0.29, 0.717) is 6.42 Å². The van der Waals surface area contributed by atoms with Crippen LogP contribution >= 0.6 is 0 Å². The van der Waals surface area contributed by atoms with Gasteiger partial charge in [0.1, 0.15) is 0 Å². The highest BCUT2D eigenvalue weighted by Gasteiger charge is 2.25. The molecule has 20 heavy (non-hydrogen) atoms. The van der Waals surface area contributed by atoms with Gasteiger partial charge in [0.2, 0.25) is 5.91 Å². The summed E-state index contributed by atoms with van der Waals surface area (Å²) in [5.74, 6) is 0.287. The molecule has 1 aliphatic heterocycles. The number of aliphatic hydroxyl groups excluding tert-OH is 1. The summed E-state index contributed by atoms with van der Waals surface area (Å²) in [6, 6.07) is 0.258. The first-order valence-electron chi connectivity index (χ1n) is 8.05. The molecule has 0 bridgehead atoms. The summed E-state index contributed by atoms with van der Waals surface area (Å²) >= 11 is 0. The predicted octanol–water partition coefficient (Wildman–Crippen LogP) is 1.79.